The van der Waals surface area contributed by atoms with Crippen molar-refractivity contribution in [2.75, 3.05) is 36.9 Å². The maximum absolute atomic E-state index is 14.0. The molecular formula is C23H25FN4O6. The van der Waals surface area contributed by atoms with E-state index in [0.29, 0.717) is 19.5 Å². The Morgan fingerprint density at radius 1 is 1.18 bits per heavy atom. The van der Waals surface area contributed by atoms with Gasteiger partial charge in [-0.05, 0) is 44.5 Å². The van der Waals surface area contributed by atoms with Gasteiger partial charge in [-0.3, -0.25) is 29.4 Å². The van der Waals surface area contributed by atoms with E-state index in [4.69, 9.17) is 4.74 Å². The van der Waals surface area contributed by atoms with Crippen molar-refractivity contribution in [2.45, 2.75) is 19.8 Å². The molecule has 1 heterocycles. The van der Waals surface area contributed by atoms with E-state index in [9.17, 15) is 28.9 Å². The smallest absolute Gasteiger partial charge is 0.310 e. The van der Waals surface area contributed by atoms with Crippen LogP contribution in [0.25, 0.3) is 0 Å². The summed E-state index contributed by atoms with van der Waals surface area (Å²) in [5, 5.41) is 16.2. The Hall–Kier alpha value is -3.86. The monoisotopic (exact) mass is 472 g/mol. The van der Waals surface area contributed by atoms with Gasteiger partial charge in [-0.2, -0.15) is 0 Å². The van der Waals surface area contributed by atoms with Gasteiger partial charge in [-0.15, -0.1) is 0 Å². The van der Waals surface area contributed by atoms with Crippen LogP contribution in [0.15, 0.2) is 42.5 Å². The number of likely N-dealkylation sites (tertiary alicyclic amines) is 1. The summed E-state index contributed by atoms with van der Waals surface area (Å²) in [6.45, 7) is 2.96. The Labute approximate surface area is 195 Å². The Kier molecular flexibility index (Phi) is 8.25. The van der Waals surface area contributed by atoms with Crippen LogP contribution in [0.5, 0.6) is 0 Å². The van der Waals surface area contributed by atoms with Crippen molar-refractivity contribution in [1.82, 2.24) is 4.90 Å². The topological polar surface area (TPSA) is 131 Å². The number of rotatable bonds is 8. The highest BCUT2D eigenvalue weighted by atomic mass is 19.1. The number of anilines is 2. The zero-order chi connectivity index (χ0) is 24.7. The lowest BCUT2D eigenvalue weighted by Crippen LogP contribution is -2.43. The molecule has 0 saturated carbocycles. The van der Waals surface area contributed by atoms with Gasteiger partial charge in [0.1, 0.15) is 5.82 Å². The average molecular weight is 472 g/mol. The fraction of sp³-hybridized carbons (Fsp3) is 0.348. The molecule has 0 radical (unpaired) electrons. The standard InChI is InChI=1S/C23H25FN4O6/c1-2-34-23(31)15-6-5-11-27(13-15)14-21(29)25-19-10-9-16(28(32)33)12-17(19)22(30)26-20-8-4-3-7-18(20)24/h3-4,7-10,12,15H,2,5-6,11,13-14H2,1H3,(H,25,29)(H,26,30)/t15-/m1/s1. The van der Waals surface area contributed by atoms with E-state index in [-0.39, 0.29) is 47.7 Å². The number of esters is 1. The van der Waals surface area contributed by atoms with Gasteiger partial charge in [0, 0.05) is 18.7 Å². The van der Waals surface area contributed by atoms with Crippen LogP contribution in [0.2, 0.25) is 0 Å². The third-order valence-corrected chi connectivity index (χ3v) is 5.35. The summed E-state index contributed by atoms with van der Waals surface area (Å²) < 4.78 is 19.0. The first-order chi connectivity index (χ1) is 16.3. The van der Waals surface area contributed by atoms with Crippen LogP contribution in [0.3, 0.4) is 0 Å². The summed E-state index contributed by atoms with van der Waals surface area (Å²) in [5.74, 6) is -2.56. The third-order valence-electron chi connectivity index (χ3n) is 5.35. The first-order valence-electron chi connectivity index (χ1n) is 10.8. The van der Waals surface area contributed by atoms with Crippen molar-refractivity contribution < 1.29 is 28.4 Å². The number of nitrogens with zero attached hydrogens (tertiary/aromatic N) is 2. The highest BCUT2D eigenvalue weighted by Gasteiger charge is 2.28. The van der Waals surface area contributed by atoms with E-state index < -0.39 is 22.6 Å². The minimum atomic E-state index is -0.815. The van der Waals surface area contributed by atoms with Gasteiger partial charge in [-0.25, -0.2) is 4.39 Å². The van der Waals surface area contributed by atoms with Crippen LogP contribution in [-0.4, -0.2) is 53.8 Å². The van der Waals surface area contributed by atoms with Gasteiger partial charge in [0.05, 0.1) is 40.9 Å². The van der Waals surface area contributed by atoms with E-state index in [2.05, 4.69) is 10.6 Å². The predicted molar refractivity (Wildman–Crippen MR) is 122 cm³/mol. The summed E-state index contributed by atoms with van der Waals surface area (Å²) in [6, 6.07) is 8.92. The molecule has 1 aliphatic heterocycles. The number of carbonyl (C=O) groups is 3. The zero-order valence-electron chi connectivity index (χ0n) is 18.6. The molecule has 34 heavy (non-hydrogen) atoms. The highest BCUT2D eigenvalue weighted by Crippen LogP contribution is 2.25. The van der Waals surface area contributed by atoms with Crippen LogP contribution in [0.4, 0.5) is 21.5 Å². The second-order valence-electron chi connectivity index (χ2n) is 7.80. The highest BCUT2D eigenvalue weighted by molar-refractivity contribution is 6.10. The number of hydrogen-bond acceptors (Lipinski definition) is 7. The van der Waals surface area contributed by atoms with Crippen molar-refractivity contribution in [1.29, 1.82) is 0 Å². The van der Waals surface area contributed by atoms with Gasteiger partial charge in [0.2, 0.25) is 5.91 Å². The van der Waals surface area contributed by atoms with E-state index >= 15 is 0 Å². The van der Waals surface area contributed by atoms with Gasteiger partial charge in [0.15, 0.2) is 0 Å². The molecule has 0 aromatic heterocycles. The summed E-state index contributed by atoms with van der Waals surface area (Å²) in [7, 11) is 0. The molecule has 180 valence electrons. The molecule has 0 spiro atoms. The molecule has 2 amide bonds. The van der Waals surface area contributed by atoms with Crippen LogP contribution in [0, 0.1) is 21.8 Å². The second-order valence-corrected chi connectivity index (χ2v) is 7.80. The van der Waals surface area contributed by atoms with Gasteiger partial charge < -0.3 is 15.4 Å². The third kappa shape index (κ3) is 6.35. The van der Waals surface area contributed by atoms with Crippen molar-refractivity contribution in [2.24, 2.45) is 5.92 Å². The molecule has 1 atom stereocenters. The van der Waals surface area contributed by atoms with E-state index in [1.807, 2.05) is 4.90 Å². The van der Waals surface area contributed by atoms with E-state index in [1.54, 1.807) is 6.92 Å². The van der Waals surface area contributed by atoms with E-state index in [1.165, 1.54) is 24.3 Å². The normalized spacial score (nSPS) is 15.9. The van der Waals surface area contributed by atoms with Crippen LogP contribution in [0.1, 0.15) is 30.1 Å². The van der Waals surface area contributed by atoms with Crippen molar-refractivity contribution in [3.8, 4) is 0 Å². The number of para-hydroxylation sites is 1. The number of hydrogen-bond donors (Lipinski definition) is 2. The van der Waals surface area contributed by atoms with Crippen molar-refractivity contribution >= 4 is 34.8 Å². The summed E-state index contributed by atoms with van der Waals surface area (Å²) >= 11 is 0. The quantitative estimate of drug-likeness (QED) is 0.343. The van der Waals surface area contributed by atoms with Crippen LogP contribution >= 0.6 is 0 Å². The number of benzene rings is 2. The SMILES string of the molecule is CCOC(=O)[C@@H]1CCCN(CC(=O)Nc2ccc([N+](=O)[O-])cc2C(=O)Nc2ccccc2F)C1. The minimum Gasteiger partial charge on any atom is -0.466 e. The van der Waals surface area contributed by atoms with Crippen molar-refractivity contribution in [3.05, 3.63) is 64.0 Å². The number of non-ortho nitro benzene ring substituents is 1. The van der Waals surface area contributed by atoms with Crippen LogP contribution in [-0.2, 0) is 14.3 Å². The molecule has 2 N–H and O–H groups in total. The molecule has 0 aliphatic carbocycles. The number of halogens is 1. The Morgan fingerprint density at radius 2 is 1.94 bits per heavy atom. The number of nitrogens with one attached hydrogen (secondary N) is 2. The predicted octanol–water partition coefficient (Wildman–Crippen LogP) is 3.20. The van der Waals surface area contributed by atoms with Gasteiger partial charge in [-0.1, -0.05) is 12.1 Å². The van der Waals surface area contributed by atoms with Crippen molar-refractivity contribution in [3.63, 3.8) is 0 Å². The molecule has 3 rings (SSSR count). The van der Waals surface area contributed by atoms with Crippen LogP contribution < -0.4 is 10.6 Å². The average Bonchev–Trinajstić information content (AvgIpc) is 2.81. The molecule has 0 bridgehead atoms. The lowest BCUT2D eigenvalue weighted by Gasteiger charge is -2.30. The molecule has 1 aliphatic rings. The maximum atomic E-state index is 14.0. The largest absolute Gasteiger partial charge is 0.466 e. The fourth-order valence-corrected chi connectivity index (χ4v) is 3.74. The van der Waals surface area contributed by atoms with Gasteiger partial charge >= 0.3 is 5.97 Å². The second kappa shape index (κ2) is 11.3. The molecule has 0 unspecified atom stereocenters. The molecule has 2 aromatic rings. The number of nitro groups is 1. The first kappa shape index (κ1) is 24.8. The lowest BCUT2D eigenvalue weighted by atomic mass is 9.98. The summed E-state index contributed by atoms with van der Waals surface area (Å²) in [6.07, 6.45) is 1.41. The Morgan fingerprint density at radius 3 is 2.65 bits per heavy atom. The number of carbonyl (C=O) groups excluding carboxylic acids is 3. The number of nitro benzene ring substituents is 1. The molecule has 10 nitrogen and oxygen atoms in total. The fourth-order valence-electron chi connectivity index (χ4n) is 3.74. The molecule has 2 aromatic carbocycles. The summed E-state index contributed by atoms with van der Waals surface area (Å²) in [4.78, 5) is 49.9. The first-order valence-corrected chi connectivity index (χ1v) is 10.8. The number of amides is 2. The Bertz CT molecular complexity index is 1090. The minimum absolute atomic E-state index is 0.0404. The maximum Gasteiger partial charge on any atom is 0.310 e. The van der Waals surface area contributed by atoms with Gasteiger partial charge in [0.25, 0.3) is 11.6 Å². The number of ether oxygens (including phenoxy) is 1. The lowest BCUT2D eigenvalue weighted by molar-refractivity contribution is -0.384. The summed E-state index contributed by atoms with van der Waals surface area (Å²) in [5.41, 5.74) is -0.600. The van der Waals surface area contributed by atoms with E-state index in [0.717, 1.165) is 24.6 Å². The number of piperidine rings is 1. The molecule has 1 fully saturated rings. The molecule has 11 heteroatoms. The zero-order valence-corrected chi connectivity index (χ0v) is 18.6. The molecular weight excluding hydrogens is 447 g/mol. The molecule has 1 saturated heterocycles. The Balaban J connectivity index is 1.73.